The van der Waals surface area contributed by atoms with Crippen molar-refractivity contribution in [3.05, 3.63) is 30.3 Å². The summed E-state index contributed by atoms with van der Waals surface area (Å²) >= 11 is 0. The molecule has 0 radical (unpaired) electrons. The summed E-state index contributed by atoms with van der Waals surface area (Å²) in [5, 5.41) is 9.59. The topological polar surface area (TPSA) is 46.5 Å². The van der Waals surface area contributed by atoms with Gasteiger partial charge in [0.2, 0.25) is 0 Å². The molecule has 1 saturated carbocycles. The van der Waals surface area contributed by atoms with Gasteiger partial charge in [0.15, 0.2) is 0 Å². The van der Waals surface area contributed by atoms with Crippen LogP contribution >= 0.6 is 0 Å². The van der Waals surface area contributed by atoms with Crippen LogP contribution in [0.5, 0.6) is 5.75 Å². The first-order chi connectivity index (χ1) is 9.73. The van der Waals surface area contributed by atoms with Crippen molar-refractivity contribution in [2.24, 2.45) is 5.41 Å². The Morgan fingerprint density at radius 2 is 1.75 bits per heavy atom. The molecule has 0 spiro atoms. The molecule has 1 aromatic rings. The number of carboxylic acid groups (broad SMARTS) is 1. The van der Waals surface area contributed by atoms with Crippen LogP contribution in [0.3, 0.4) is 0 Å². The summed E-state index contributed by atoms with van der Waals surface area (Å²) < 4.78 is 5.66. The molecule has 1 aromatic carbocycles. The molecular weight excluding hydrogens is 252 g/mol. The SMILES string of the molecule is O=C(O)C1(CCCOc2ccccc2)CCCCCC1. The van der Waals surface area contributed by atoms with E-state index >= 15 is 0 Å². The second kappa shape index (κ2) is 7.32. The molecule has 1 aliphatic rings. The number of hydrogen-bond acceptors (Lipinski definition) is 2. The van der Waals surface area contributed by atoms with E-state index in [4.69, 9.17) is 4.74 Å². The summed E-state index contributed by atoms with van der Waals surface area (Å²) in [5.74, 6) is 0.247. The van der Waals surface area contributed by atoms with Crippen molar-refractivity contribution in [3.8, 4) is 5.75 Å². The average Bonchev–Trinajstić information content (AvgIpc) is 2.71. The smallest absolute Gasteiger partial charge is 0.309 e. The number of carbonyl (C=O) groups is 1. The number of carboxylic acids is 1. The molecule has 1 N–H and O–H groups in total. The van der Waals surface area contributed by atoms with Gasteiger partial charge in [-0.05, 0) is 37.8 Å². The molecule has 0 amide bonds. The van der Waals surface area contributed by atoms with E-state index in [2.05, 4.69) is 0 Å². The fourth-order valence-corrected chi connectivity index (χ4v) is 3.09. The maximum absolute atomic E-state index is 11.7. The van der Waals surface area contributed by atoms with E-state index in [-0.39, 0.29) is 0 Å². The number of aliphatic carboxylic acids is 1. The number of benzene rings is 1. The third-order valence-electron chi connectivity index (χ3n) is 4.33. The van der Waals surface area contributed by atoms with Crippen molar-refractivity contribution < 1.29 is 14.6 Å². The maximum atomic E-state index is 11.7. The first kappa shape index (κ1) is 14.9. The summed E-state index contributed by atoms with van der Waals surface area (Å²) in [6.07, 6.45) is 7.64. The molecule has 20 heavy (non-hydrogen) atoms. The minimum Gasteiger partial charge on any atom is -0.494 e. The molecule has 0 bridgehead atoms. The van der Waals surface area contributed by atoms with Gasteiger partial charge in [-0.15, -0.1) is 0 Å². The van der Waals surface area contributed by atoms with Gasteiger partial charge >= 0.3 is 5.97 Å². The van der Waals surface area contributed by atoms with Crippen molar-refractivity contribution in [3.63, 3.8) is 0 Å². The highest BCUT2D eigenvalue weighted by atomic mass is 16.5. The predicted octanol–water partition coefficient (Wildman–Crippen LogP) is 4.27. The van der Waals surface area contributed by atoms with Crippen molar-refractivity contribution in [1.29, 1.82) is 0 Å². The second-order valence-electron chi connectivity index (χ2n) is 5.76. The zero-order chi connectivity index (χ0) is 14.3. The molecule has 1 aliphatic carbocycles. The fraction of sp³-hybridized carbons (Fsp3) is 0.588. The van der Waals surface area contributed by atoms with Crippen LogP contribution < -0.4 is 4.74 Å². The molecule has 1 fully saturated rings. The lowest BCUT2D eigenvalue weighted by molar-refractivity contribution is -0.150. The highest BCUT2D eigenvalue weighted by Gasteiger charge is 2.37. The van der Waals surface area contributed by atoms with Gasteiger partial charge in [-0.3, -0.25) is 4.79 Å². The molecule has 0 saturated heterocycles. The number of rotatable bonds is 6. The zero-order valence-electron chi connectivity index (χ0n) is 12.0. The van der Waals surface area contributed by atoms with Crippen LogP contribution in [0.15, 0.2) is 30.3 Å². The lowest BCUT2D eigenvalue weighted by Crippen LogP contribution is -2.31. The maximum Gasteiger partial charge on any atom is 0.309 e. The third kappa shape index (κ3) is 3.99. The van der Waals surface area contributed by atoms with E-state index in [1.807, 2.05) is 30.3 Å². The Labute approximate surface area is 121 Å². The van der Waals surface area contributed by atoms with E-state index in [1.165, 1.54) is 12.8 Å². The molecule has 2 rings (SSSR count). The molecule has 3 nitrogen and oxygen atoms in total. The fourth-order valence-electron chi connectivity index (χ4n) is 3.09. The van der Waals surface area contributed by atoms with Gasteiger partial charge in [-0.25, -0.2) is 0 Å². The normalized spacial score (nSPS) is 18.2. The minimum absolute atomic E-state index is 0.503. The molecule has 0 unspecified atom stereocenters. The molecule has 3 heteroatoms. The molecule has 0 aromatic heterocycles. The molecule has 110 valence electrons. The van der Waals surface area contributed by atoms with Crippen LogP contribution in [-0.4, -0.2) is 17.7 Å². The Balaban J connectivity index is 1.82. The highest BCUT2D eigenvalue weighted by Crippen LogP contribution is 2.39. The summed E-state index contributed by atoms with van der Waals surface area (Å²) in [4.78, 5) is 11.7. The summed E-state index contributed by atoms with van der Waals surface area (Å²) in [5.41, 5.74) is -0.503. The van der Waals surface area contributed by atoms with Gasteiger partial charge in [0, 0.05) is 0 Å². The van der Waals surface area contributed by atoms with E-state index in [9.17, 15) is 9.90 Å². The molecule has 0 aliphatic heterocycles. The monoisotopic (exact) mass is 276 g/mol. The molecular formula is C17H24O3. The number of ether oxygens (including phenoxy) is 1. The number of para-hydroxylation sites is 1. The lowest BCUT2D eigenvalue weighted by Gasteiger charge is -2.28. The number of hydrogen-bond donors (Lipinski definition) is 1. The Morgan fingerprint density at radius 1 is 1.10 bits per heavy atom. The van der Waals surface area contributed by atoms with Gasteiger partial charge in [0.25, 0.3) is 0 Å². The molecule has 0 heterocycles. The highest BCUT2D eigenvalue weighted by molar-refractivity contribution is 5.74. The summed E-state index contributed by atoms with van der Waals surface area (Å²) in [7, 11) is 0. The van der Waals surface area contributed by atoms with Gasteiger partial charge in [0.1, 0.15) is 5.75 Å². The van der Waals surface area contributed by atoms with Crippen LogP contribution in [0.2, 0.25) is 0 Å². The van der Waals surface area contributed by atoms with Crippen molar-refractivity contribution in [2.75, 3.05) is 6.61 Å². The van der Waals surface area contributed by atoms with Crippen molar-refractivity contribution >= 4 is 5.97 Å². The molecule has 0 atom stereocenters. The first-order valence-corrected chi connectivity index (χ1v) is 7.64. The van der Waals surface area contributed by atoms with Gasteiger partial charge < -0.3 is 9.84 Å². The third-order valence-corrected chi connectivity index (χ3v) is 4.33. The van der Waals surface area contributed by atoms with Crippen molar-refractivity contribution in [2.45, 2.75) is 51.4 Å². The van der Waals surface area contributed by atoms with Gasteiger partial charge in [-0.1, -0.05) is 43.9 Å². The predicted molar refractivity (Wildman–Crippen MR) is 78.9 cm³/mol. The van der Waals surface area contributed by atoms with Crippen LogP contribution in [0.25, 0.3) is 0 Å². The van der Waals surface area contributed by atoms with E-state index in [0.717, 1.165) is 44.3 Å². The average molecular weight is 276 g/mol. The largest absolute Gasteiger partial charge is 0.494 e. The minimum atomic E-state index is -0.612. The Bertz CT molecular complexity index is 406. The Morgan fingerprint density at radius 3 is 2.35 bits per heavy atom. The standard InChI is InChI=1S/C17H24O3/c18-16(19)17(11-6-1-2-7-12-17)13-8-14-20-15-9-4-3-5-10-15/h3-5,9-10H,1-2,6-8,11-14H2,(H,18,19). The van der Waals surface area contributed by atoms with Gasteiger partial charge in [0.05, 0.1) is 12.0 Å². The summed E-state index contributed by atoms with van der Waals surface area (Å²) in [6, 6.07) is 9.70. The van der Waals surface area contributed by atoms with Crippen LogP contribution in [0.1, 0.15) is 51.4 Å². The zero-order valence-corrected chi connectivity index (χ0v) is 12.0. The second-order valence-corrected chi connectivity index (χ2v) is 5.76. The lowest BCUT2D eigenvalue weighted by atomic mass is 9.76. The van der Waals surface area contributed by atoms with E-state index < -0.39 is 11.4 Å². The van der Waals surface area contributed by atoms with Crippen LogP contribution in [-0.2, 0) is 4.79 Å². The first-order valence-electron chi connectivity index (χ1n) is 7.64. The van der Waals surface area contributed by atoms with Crippen LogP contribution in [0, 0.1) is 5.41 Å². The van der Waals surface area contributed by atoms with E-state index in [1.54, 1.807) is 0 Å². The quantitative estimate of drug-likeness (QED) is 0.623. The van der Waals surface area contributed by atoms with E-state index in [0.29, 0.717) is 6.61 Å². The Kier molecular flexibility index (Phi) is 5.45. The van der Waals surface area contributed by atoms with Crippen molar-refractivity contribution in [1.82, 2.24) is 0 Å². The van der Waals surface area contributed by atoms with Gasteiger partial charge in [-0.2, -0.15) is 0 Å². The summed E-state index contributed by atoms with van der Waals surface area (Å²) in [6.45, 7) is 0.596. The Hall–Kier alpha value is -1.51. The van der Waals surface area contributed by atoms with Crippen LogP contribution in [0.4, 0.5) is 0 Å².